The van der Waals surface area contributed by atoms with Crippen LogP contribution in [-0.2, 0) is 17.9 Å². The third-order valence-electron chi connectivity index (χ3n) is 5.59. The topological polar surface area (TPSA) is 101 Å². The van der Waals surface area contributed by atoms with E-state index >= 15 is 0 Å². The molecule has 0 saturated heterocycles. The van der Waals surface area contributed by atoms with Gasteiger partial charge in [0.2, 0.25) is 11.7 Å². The van der Waals surface area contributed by atoms with E-state index in [2.05, 4.69) is 5.32 Å². The summed E-state index contributed by atoms with van der Waals surface area (Å²) in [7, 11) is 4.35. The second-order valence-corrected chi connectivity index (χ2v) is 7.67. The molecule has 1 amide bonds. The van der Waals surface area contributed by atoms with E-state index < -0.39 is 11.2 Å². The van der Waals surface area contributed by atoms with Crippen LogP contribution in [0.4, 0.5) is 0 Å². The van der Waals surface area contributed by atoms with E-state index in [1.165, 1.54) is 38.0 Å². The summed E-state index contributed by atoms with van der Waals surface area (Å²) in [5, 5.41) is 3.11. The second-order valence-electron chi connectivity index (χ2n) is 7.67. The minimum absolute atomic E-state index is 0.221. The van der Waals surface area contributed by atoms with Crippen molar-refractivity contribution < 1.29 is 19.0 Å². The first-order chi connectivity index (χ1) is 17.0. The van der Waals surface area contributed by atoms with Crippen molar-refractivity contribution in [1.82, 2.24) is 14.5 Å². The lowest BCUT2D eigenvalue weighted by Gasteiger charge is -2.17. The van der Waals surface area contributed by atoms with Crippen molar-refractivity contribution in [3.8, 4) is 22.9 Å². The fraction of sp³-hybridized carbons (Fsp3) is 0.192. The van der Waals surface area contributed by atoms with E-state index in [1.807, 2.05) is 30.3 Å². The van der Waals surface area contributed by atoms with Gasteiger partial charge in [0, 0.05) is 18.7 Å². The Morgan fingerprint density at radius 1 is 0.857 bits per heavy atom. The number of carbonyl (C=O) groups is 1. The third kappa shape index (κ3) is 4.61. The van der Waals surface area contributed by atoms with Gasteiger partial charge in [-0.1, -0.05) is 42.5 Å². The molecule has 0 bridgehead atoms. The number of benzene rings is 3. The van der Waals surface area contributed by atoms with Gasteiger partial charge in [0.1, 0.15) is 6.54 Å². The molecule has 0 atom stereocenters. The molecular formula is C26H25N3O6. The molecule has 0 aliphatic rings. The first-order valence-electron chi connectivity index (χ1n) is 10.8. The zero-order chi connectivity index (χ0) is 24.9. The largest absolute Gasteiger partial charge is 0.493 e. The highest BCUT2D eigenvalue weighted by atomic mass is 16.5. The first kappa shape index (κ1) is 23.6. The summed E-state index contributed by atoms with van der Waals surface area (Å²) in [6.07, 6.45) is 0. The molecule has 180 valence electrons. The standard InChI is InChI=1S/C26H25N3O6/c1-33-21-13-18(14-22(34-2)24(21)35-3)29-25(31)19-11-7-8-12-20(19)28(26(29)32)16-23(30)27-15-17-9-5-4-6-10-17/h4-14H,15-16H2,1-3H3,(H,27,30). The number of aromatic nitrogens is 2. The number of nitrogens with one attached hydrogen (secondary N) is 1. The van der Waals surface area contributed by atoms with E-state index in [0.29, 0.717) is 17.8 Å². The van der Waals surface area contributed by atoms with Gasteiger partial charge in [-0.2, -0.15) is 0 Å². The van der Waals surface area contributed by atoms with Crippen molar-refractivity contribution >= 4 is 16.8 Å². The minimum atomic E-state index is -0.669. The summed E-state index contributed by atoms with van der Waals surface area (Å²) < 4.78 is 18.4. The third-order valence-corrected chi connectivity index (χ3v) is 5.59. The van der Waals surface area contributed by atoms with Crippen LogP contribution in [0.1, 0.15) is 5.56 Å². The molecule has 0 unspecified atom stereocenters. The molecule has 4 rings (SSSR count). The van der Waals surface area contributed by atoms with Gasteiger partial charge in [0.05, 0.1) is 37.9 Å². The van der Waals surface area contributed by atoms with E-state index in [9.17, 15) is 14.4 Å². The molecule has 0 radical (unpaired) electrons. The number of para-hydroxylation sites is 1. The van der Waals surface area contributed by atoms with E-state index in [4.69, 9.17) is 14.2 Å². The molecule has 0 aliphatic carbocycles. The fourth-order valence-corrected chi connectivity index (χ4v) is 3.89. The quantitative estimate of drug-likeness (QED) is 0.420. The van der Waals surface area contributed by atoms with Crippen molar-refractivity contribution in [2.45, 2.75) is 13.1 Å². The number of hydrogen-bond acceptors (Lipinski definition) is 6. The smallest absolute Gasteiger partial charge is 0.336 e. The van der Waals surface area contributed by atoms with Gasteiger partial charge in [-0.3, -0.25) is 14.2 Å². The van der Waals surface area contributed by atoms with Gasteiger partial charge < -0.3 is 19.5 Å². The predicted molar refractivity (Wildman–Crippen MR) is 132 cm³/mol. The Kier molecular flexibility index (Phi) is 6.86. The summed E-state index contributed by atoms with van der Waals surface area (Å²) in [4.78, 5) is 39.8. The van der Waals surface area contributed by atoms with Crippen molar-refractivity contribution in [2.75, 3.05) is 21.3 Å². The lowest BCUT2D eigenvalue weighted by Crippen LogP contribution is -2.41. The highest BCUT2D eigenvalue weighted by Crippen LogP contribution is 2.38. The Morgan fingerprint density at radius 2 is 1.49 bits per heavy atom. The zero-order valence-corrected chi connectivity index (χ0v) is 19.6. The van der Waals surface area contributed by atoms with Gasteiger partial charge in [0.15, 0.2) is 11.5 Å². The van der Waals surface area contributed by atoms with Crippen LogP contribution in [0.2, 0.25) is 0 Å². The fourth-order valence-electron chi connectivity index (χ4n) is 3.89. The van der Waals surface area contributed by atoms with Crippen molar-refractivity contribution in [3.63, 3.8) is 0 Å². The maximum atomic E-state index is 13.6. The van der Waals surface area contributed by atoms with Gasteiger partial charge >= 0.3 is 5.69 Å². The molecular weight excluding hydrogens is 450 g/mol. The van der Waals surface area contributed by atoms with E-state index in [-0.39, 0.29) is 35.0 Å². The average Bonchev–Trinajstić information content (AvgIpc) is 2.89. The predicted octanol–water partition coefficient (Wildman–Crippen LogP) is 2.49. The zero-order valence-electron chi connectivity index (χ0n) is 19.6. The number of methoxy groups -OCH3 is 3. The van der Waals surface area contributed by atoms with Crippen molar-refractivity contribution in [1.29, 1.82) is 0 Å². The van der Waals surface area contributed by atoms with Gasteiger partial charge in [-0.25, -0.2) is 9.36 Å². The molecule has 0 spiro atoms. The van der Waals surface area contributed by atoms with Crippen LogP contribution >= 0.6 is 0 Å². The number of nitrogens with zero attached hydrogens (tertiary/aromatic N) is 2. The molecule has 1 heterocycles. The normalized spacial score (nSPS) is 10.7. The van der Waals surface area contributed by atoms with E-state index in [1.54, 1.807) is 24.3 Å². The second kappa shape index (κ2) is 10.2. The summed E-state index contributed by atoms with van der Waals surface area (Å²) in [6.45, 7) is 0.0513. The number of carbonyl (C=O) groups excluding carboxylic acids is 1. The molecule has 4 aromatic rings. The SMILES string of the molecule is COc1cc(-n2c(=O)c3ccccc3n(CC(=O)NCc3ccccc3)c2=O)cc(OC)c1OC. The lowest BCUT2D eigenvalue weighted by atomic mass is 10.2. The molecule has 1 N–H and O–H groups in total. The Bertz CT molecular complexity index is 1470. The van der Waals surface area contributed by atoms with Crippen LogP contribution in [-0.4, -0.2) is 36.4 Å². The lowest BCUT2D eigenvalue weighted by molar-refractivity contribution is -0.121. The number of hydrogen-bond donors (Lipinski definition) is 1. The average molecular weight is 476 g/mol. The Hall–Kier alpha value is -4.53. The highest BCUT2D eigenvalue weighted by Gasteiger charge is 2.20. The Balaban J connectivity index is 1.83. The van der Waals surface area contributed by atoms with Gasteiger partial charge in [-0.15, -0.1) is 0 Å². The van der Waals surface area contributed by atoms with E-state index in [0.717, 1.165) is 10.1 Å². The molecule has 1 aromatic heterocycles. The summed E-state index contributed by atoms with van der Waals surface area (Å²) in [5.74, 6) is 0.534. The van der Waals surface area contributed by atoms with Gasteiger partial charge in [0.25, 0.3) is 5.56 Å². The molecule has 0 aliphatic heterocycles. The summed E-state index contributed by atoms with van der Waals surface area (Å²) in [6, 6.07) is 19.1. The van der Waals surface area contributed by atoms with Gasteiger partial charge in [-0.05, 0) is 17.7 Å². The van der Waals surface area contributed by atoms with Crippen LogP contribution in [0, 0.1) is 0 Å². The minimum Gasteiger partial charge on any atom is -0.493 e. The molecule has 9 nitrogen and oxygen atoms in total. The van der Waals surface area contributed by atoms with Crippen molar-refractivity contribution in [2.24, 2.45) is 0 Å². The molecule has 0 fully saturated rings. The van der Waals surface area contributed by atoms with Crippen LogP contribution in [0.25, 0.3) is 16.6 Å². The molecule has 35 heavy (non-hydrogen) atoms. The Labute approximate surface area is 201 Å². The monoisotopic (exact) mass is 475 g/mol. The van der Waals surface area contributed by atoms with Crippen LogP contribution in [0.5, 0.6) is 17.2 Å². The summed E-state index contributed by atoms with van der Waals surface area (Å²) in [5.41, 5.74) is 0.318. The maximum absolute atomic E-state index is 13.6. The van der Waals surface area contributed by atoms with Crippen LogP contribution in [0.15, 0.2) is 76.3 Å². The number of ether oxygens (including phenoxy) is 3. The Morgan fingerprint density at radius 3 is 2.11 bits per heavy atom. The number of rotatable bonds is 8. The van der Waals surface area contributed by atoms with Crippen LogP contribution < -0.4 is 30.8 Å². The first-order valence-corrected chi connectivity index (χ1v) is 10.8. The van der Waals surface area contributed by atoms with Crippen molar-refractivity contribution in [3.05, 3.63) is 93.1 Å². The summed E-state index contributed by atoms with van der Waals surface area (Å²) >= 11 is 0. The molecule has 3 aromatic carbocycles. The number of amides is 1. The van der Waals surface area contributed by atoms with Crippen LogP contribution in [0.3, 0.4) is 0 Å². The molecule has 9 heteroatoms. The number of fused-ring (bicyclic) bond motifs is 1. The highest BCUT2D eigenvalue weighted by molar-refractivity contribution is 5.82. The maximum Gasteiger partial charge on any atom is 0.336 e. The molecule has 0 saturated carbocycles.